The van der Waals surface area contributed by atoms with E-state index in [9.17, 15) is 0 Å². The Labute approximate surface area is 127 Å². The number of benzene rings is 1. The van der Waals surface area contributed by atoms with E-state index in [-0.39, 0.29) is 0 Å². The van der Waals surface area contributed by atoms with Crippen LogP contribution in [0, 0.1) is 0 Å². The molecule has 0 spiro atoms. The Morgan fingerprint density at radius 1 is 1.26 bits per heavy atom. The summed E-state index contributed by atoms with van der Waals surface area (Å²) in [5.41, 5.74) is 2.11. The van der Waals surface area contributed by atoms with Crippen molar-refractivity contribution in [2.24, 2.45) is 0 Å². The van der Waals surface area contributed by atoms with Crippen LogP contribution in [0.3, 0.4) is 0 Å². The minimum absolute atomic E-state index is 0.695. The number of hydrogen-bond donors (Lipinski definition) is 1. The number of nitrogens with zero attached hydrogens (tertiary/aromatic N) is 1. The zero-order chi connectivity index (χ0) is 13.8. The van der Waals surface area contributed by atoms with Crippen LogP contribution in [0.2, 0.25) is 5.02 Å². The van der Waals surface area contributed by atoms with Gasteiger partial charge in [-0.2, -0.15) is 0 Å². The van der Waals surface area contributed by atoms with E-state index in [1.54, 1.807) is 0 Å². The standard InChI is InChI=1S/C15H18BrClN2/c1-3-5-10-9-11-12(16)6-7-13(17)14(11)19-15(10)18-8-4-2/h6-7,9H,3-5,8H2,1-2H3,(H,18,19). The van der Waals surface area contributed by atoms with Crippen molar-refractivity contribution in [3.05, 3.63) is 33.3 Å². The van der Waals surface area contributed by atoms with Gasteiger partial charge in [-0.3, -0.25) is 0 Å². The summed E-state index contributed by atoms with van der Waals surface area (Å²) in [6.45, 7) is 5.26. The van der Waals surface area contributed by atoms with Crippen LogP contribution >= 0.6 is 27.5 Å². The fraction of sp³-hybridized carbons (Fsp3) is 0.400. The Bertz CT molecular complexity index is 584. The van der Waals surface area contributed by atoms with Gasteiger partial charge in [-0.15, -0.1) is 0 Å². The molecule has 0 aliphatic heterocycles. The molecular formula is C15H18BrClN2. The number of rotatable bonds is 5. The lowest BCUT2D eigenvalue weighted by Crippen LogP contribution is -2.06. The third-order valence-corrected chi connectivity index (χ3v) is 4.02. The molecule has 0 aliphatic carbocycles. The van der Waals surface area contributed by atoms with Crippen LogP contribution in [0.15, 0.2) is 22.7 Å². The number of fused-ring (bicyclic) bond motifs is 1. The summed E-state index contributed by atoms with van der Waals surface area (Å²) in [5.74, 6) is 0.969. The van der Waals surface area contributed by atoms with Crippen LogP contribution < -0.4 is 5.32 Å². The van der Waals surface area contributed by atoms with Crippen molar-refractivity contribution >= 4 is 44.3 Å². The summed E-state index contributed by atoms with van der Waals surface area (Å²) in [6, 6.07) is 6.05. The predicted molar refractivity (Wildman–Crippen MR) is 87.2 cm³/mol. The van der Waals surface area contributed by atoms with E-state index in [2.05, 4.69) is 41.2 Å². The Kier molecular flexibility index (Phi) is 5.06. The normalized spacial score (nSPS) is 10.9. The molecular weight excluding hydrogens is 324 g/mol. The van der Waals surface area contributed by atoms with Crippen molar-refractivity contribution in [1.82, 2.24) is 4.98 Å². The second-order valence-corrected chi connectivity index (χ2v) is 5.86. The molecule has 19 heavy (non-hydrogen) atoms. The largest absolute Gasteiger partial charge is 0.370 e. The molecule has 0 unspecified atom stereocenters. The molecule has 0 atom stereocenters. The van der Waals surface area contributed by atoms with Gasteiger partial charge in [0.1, 0.15) is 5.82 Å². The fourth-order valence-corrected chi connectivity index (χ4v) is 2.73. The van der Waals surface area contributed by atoms with E-state index in [4.69, 9.17) is 16.6 Å². The second-order valence-electron chi connectivity index (χ2n) is 4.60. The third-order valence-electron chi connectivity index (χ3n) is 3.02. The number of hydrogen-bond acceptors (Lipinski definition) is 2. The van der Waals surface area contributed by atoms with Crippen molar-refractivity contribution < 1.29 is 0 Å². The highest BCUT2D eigenvalue weighted by atomic mass is 79.9. The number of anilines is 1. The lowest BCUT2D eigenvalue weighted by molar-refractivity contribution is 0.906. The van der Waals surface area contributed by atoms with Gasteiger partial charge in [0.15, 0.2) is 0 Å². The van der Waals surface area contributed by atoms with Crippen LogP contribution in [0.25, 0.3) is 10.9 Å². The Balaban J connectivity index is 2.58. The van der Waals surface area contributed by atoms with Crippen molar-refractivity contribution in [3.63, 3.8) is 0 Å². The van der Waals surface area contributed by atoms with E-state index in [1.807, 2.05) is 12.1 Å². The lowest BCUT2D eigenvalue weighted by atomic mass is 10.1. The van der Waals surface area contributed by atoms with Gasteiger partial charge in [-0.05, 0) is 36.6 Å². The second kappa shape index (κ2) is 6.58. The van der Waals surface area contributed by atoms with E-state index in [1.165, 1.54) is 5.56 Å². The highest BCUT2D eigenvalue weighted by molar-refractivity contribution is 9.10. The molecule has 2 rings (SSSR count). The molecule has 0 aliphatic rings. The summed E-state index contributed by atoms with van der Waals surface area (Å²) < 4.78 is 1.04. The van der Waals surface area contributed by atoms with Crippen LogP contribution in [0.5, 0.6) is 0 Å². The molecule has 0 bridgehead atoms. The topological polar surface area (TPSA) is 24.9 Å². The molecule has 0 saturated heterocycles. The van der Waals surface area contributed by atoms with Crippen LogP contribution in [0.4, 0.5) is 5.82 Å². The molecule has 2 nitrogen and oxygen atoms in total. The first-order chi connectivity index (χ1) is 9.17. The minimum Gasteiger partial charge on any atom is -0.370 e. The first kappa shape index (κ1) is 14.6. The Morgan fingerprint density at radius 2 is 2.05 bits per heavy atom. The van der Waals surface area contributed by atoms with Gasteiger partial charge < -0.3 is 5.32 Å². The van der Waals surface area contributed by atoms with Crippen molar-refractivity contribution in [1.29, 1.82) is 0 Å². The maximum absolute atomic E-state index is 6.25. The van der Waals surface area contributed by atoms with E-state index < -0.39 is 0 Å². The van der Waals surface area contributed by atoms with Gasteiger partial charge in [0.2, 0.25) is 0 Å². The quantitative estimate of drug-likeness (QED) is 0.785. The molecule has 1 N–H and O–H groups in total. The fourth-order valence-electron chi connectivity index (χ4n) is 2.09. The first-order valence-corrected chi connectivity index (χ1v) is 7.86. The van der Waals surface area contributed by atoms with Gasteiger partial charge in [0.25, 0.3) is 0 Å². The summed E-state index contributed by atoms with van der Waals surface area (Å²) in [6.07, 6.45) is 3.21. The molecule has 0 saturated carbocycles. The van der Waals surface area contributed by atoms with Crippen molar-refractivity contribution in [2.75, 3.05) is 11.9 Å². The maximum atomic E-state index is 6.25. The molecule has 0 amide bonds. The molecule has 4 heteroatoms. The molecule has 1 aromatic carbocycles. The summed E-state index contributed by atoms with van der Waals surface area (Å²) in [4.78, 5) is 4.72. The van der Waals surface area contributed by atoms with E-state index in [0.717, 1.165) is 47.0 Å². The highest BCUT2D eigenvalue weighted by Gasteiger charge is 2.10. The van der Waals surface area contributed by atoms with Gasteiger partial charge in [-0.1, -0.05) is 47.8 Å². The van der Waals surface area contributed by atoms with Crippen molar-refractivity contribution in [3.8, 4) is 0 Å². The molecule has 0 radical (unpaired) electrons. The molecule has 0 fully saturated rings. The summed E-state index contributed by atoms with van der Waals surface area (Å²) in [5, 5.41) is 5.18. The first-order valence-electron chi connectivity index (χ1n) is 6.68. The summed E-state index contributed by atoms with van der Waals surface area (Å²) in [7, 11) is 0. The molecule has 102 valence electrons. The average molecular weight is 342 g/mol. The van der Waals surface area contributed by atoms with Gasteiger partial charge in [0.05, 0.1) is 10.5 Å². The number of aromatic nitrogens is 1. The van der Waals surface area contributed by atoms with E-state index in [0.29, 0.717) is 5.02 Å². The zero-order valence-electron chi connectivity index (χ0n) is 11.3. The molecule has 1 aromatic heterocycles. The van der Waals surface area contributed by atoms with Gasteiger partial charge >= 0.3 is 0 Å². The lowest BCUT2D eigenvalue weighted by Gasteiger charge is -2.13. The van der Waals surface area contributed by atoms with Crippen molar-refractivity contribution in [2.45, 2.75) is 33.1 Å². The number of nitrogens with one attached hydrogen (secondary N) is 1. The molecule has 1 heterocycles. The highest BCUT2D eigenvalue weighted by Crippen LogP contribution is 2.32. The van der Waals surface area contributed by atoms with E-state index >= 15 is 0 Å². The average Bonchev–Trinajstić information content (AvgIpc) is 2.41. The number of pyridine rings is 1. The van der Waals surface area contributed by atoms with Crippen LogP contribution in [-0.2, 0) is 6.42 Å². The third kappa shape index (κ3) is 3.21. The summed E-state index contributed by atoms with van der Waals surface area (Å²) >= 11 is 9.83. The monoisotopic (exact) mass is 340 g/mol. The Morgan fingerprint density at radius 3 is 2.74 bits per heavy atom. The maximum Gasteiger partial charge on any atom is 0.129 e. The predicted octanol–water partition coefficient (Wildman–Crippen LogP) is 5.43. The van der Waals surface area contributed by atoms with Crippen LogP contribution in [-0.4, -0.2) is 11.5 Å². The minimum atomic E-state index is 0.695. The SMILES string of the molecule is CCCNc1nc2c(Cl)ccc(Br)c2cc1CCC. The van der Waals surface area contributed by atoms with Gasteiger partial charge in [-0.25, -0.2) is 4.98 Å². The Hall–Kier alpha value is -0.800. The number of aryl methyl sites for hydroxylation is 1. The zero-order valence-corrected chi connectivity index (χ0v) is 13.6. The smallest absolute Gasteiger partial charge is 0.129 e. The molecule has 2 aromatic rings. The van der Waals surface area contributed by atoms with Gasteiger partial charge in [0, 0.05) is 16.4 Å². The van der Waals surface area contributed by atoms with Crippen LogP contribution in [0.1, 0.15) is 32.3 Å². The number of halogens is 2.